The highest BCUT2D eigenvalue weighted by Gasteiger charge is 2.15. The summed E-state index contributed by atoms with van der Waals surface area (Å²) in [6.45, 7) is 1.32. The Morgan fingerprint density at radius 1 is 1.14 bits per heavy atom. The SMILES string of the molecule is OC(CCOC1CCCCO1)c1ccc2ccccc2c1. The van der Waals surface area contributed by atoms with Crippen LogP contribution in [-0.4, -0.2) is 24.6 Å². The molecule has 0 spiro atoms. The van der Waals surface area contributed by atoms with E-state index in [2.05, 4.69) is 24.3 Å². The van der Waals surface area contributed by atoms with Crippen molar-refractivity contribution >= 4 is 10.8 Å². The van der Waals surface area contributed by atoms with Crippen molar-refractivity contribution < 1.29 is 14.6 Å². The lowest BCUT2D eigenvalue weighted by atomic mass is 10.0. The third-order valence-corrected chi connectivity index (χ3v) is 3.99. The van der Waals surface area contributed by atoms with E-state index in [4.69, 9.17) is 9.47 Å². The van der Waals surface area contributed by atoms with Gasteiger partial charge in [-0.2, -0.15) is 0 Å². The number of fused-ring (bicyclic) bond motifs is 1. The van der Waals surface area contributed by atoms with Crippen LogP contribution in [0.15, 0.2) is 42.5 Å². The van der Waals surface area contributed by atoms with Crippen LogP contribution in [-0.2, 0) is 9.47 Å². The highest BCUT2D eigenvalue weighted by molar-refractivity contribution is 5.83. The minimum absolute atomic E-state index is 0.0810. The standard InChI is InChI=1S/C18H22O3/c19-17(10-12-21-18-7-3-4-11-20-18)16-9-8-14-5-1-2-6-15(14)13-16/h1-2,5-6,8-9,13,17-19H,3-4,7,10-12H2. The van der Waals surface area contributed by atoms with Gasteiger partial charge in [0.15, 0.2) is 6.29 Å². The van der Waals surface area contributed by atoms with Crippen molar-refractivity contribution in [3.63, 3.8) is 0 Å². The van der Waals surface area contributed by atoms with Crippen LogP contribution in [0.2, 0.25) is 0 Å². The minimum atomic E-state index is -0.488. The molecule has 1 saturated heterocycles. The molecule has 1 heterocycles. The molecule has 2 aromatic rings. The number of hydrogen-bond donors (Lipinski definition) is 1. The van der Waals surface area contributed by atoms with Gasteiger partial charge in [0, 0.05) is 13.0 Å². The van der Waals surface area contributed by atoms with Gasteiger partial charge in [0.05, 0.1) is 12.7 Å². The maximum Gasteiger partial charge on any atom is 0.157 e. The Morgan fingerprint density at radius 3 is 2.81 bits per heavy atom. The molecule has 0 bridgehead atoms. The van der Waals surface area contributed by atoms with Gasteiger partial charge in [0.2, 0.25) is 0 Å². The average molecular weight is 286 g/mol. The van der Waals surface area contributed by atoms with Crippen molar-refractivity contribution in [1.29, 1.82) is 0 Å². The highest BCUT2D eigenvalue weighted by atomic mass is 16.7. The van der Waals surface area contributed by atoms with E-state index >= 15 is 0 Å². The molecule has 2 atom stereocenters. The lowest BCUT2D eigenvalue weighted by molar-refractivity contribution is -0.165. The predicted octanol–water partition coefficient (Wildman–Crippen LogP) is 3.81. The predicted molar refractivity (Wildman–Crippen MR) is 83.1 cm³/mol. The molecular weight excluding hydrogens is 264 g/mol. The van der Waals surface area contributed by atoms with E-state index < -0.39 is 6.10 Å². The molecule has 3 heteroatoms. The fourth-order valence-corrected chi connectivity index (χ4v) is 2.74. The highest BCUT2D eigenvalue weighted by Crippen LogP contribution is 2.23. The molecule has 2 aromatic carbocycles. The summed E-state index contributed by atoms with van der Waals surface area (Å²) in [5, 5.41) is 12.6. The second-order valence-electron chi connectivity index (χ2n) is 5.58. The molecule has 0 amide bonds. The van der Waals surface area contributed by atoms with Gasteiger partial charge in [-0.15, -0.1) is 0 Å². The Morgan fingerprint density at radius 2 is 2.00 bits per heavy atom. The third kappa shape index (κ3) is 3.82. The van der Waals surface area contributed by atoms with Crippen molar-refractivity contribution in [2.75, 3.05) is 13.2 Å². The molecule has 112 valence electrons. The summed E-state index contributed by atoms with van der Waals surface area (Å²) in [4.78, 5) is 0. The monoisotopic (exact) mass is 286 g/mol. The second kappa shape index (κ2) is 7.03. The smallest absolute Gasteiger partial charge is 0.157 e. The normalized spacial score (nSPS) is 20.5. The van der Waals surface area contributed by atoms with Crippen LogP contribution in [0.25, 0.3) is 10.8 Å². The molecule has 0 saturated carbocycles. The van der Waals surface area contributed by atoms with Crippen LogP contribution in [0.1, 0.15) is 37.4 Å². The lowest BCUT2D eigenvalue weighted by Gasteiger charge is -2.23. The number of rotatable bonds is 5. The van der Waals surface area contributed by atoms with Gasteiger partial charge in [-0.3, -0.25) is 0 Å². The van der Waals surface area contributed by atoms with Crippen LogP contribution in [0.5, 0.6) is 0 Å². The summed E-state index contributed by atoms with van der Waals surface area (Å²) in [6, 6.07) is 14.3. The van der Waals surface area contributed by atoms with E-state index in [1.807, 2.05) is 18.2 Å². The Kier molecular flexibility index (Phi) is 4.86. The van der Waals surface area contributed by atoms with E-state index in [-0.39, 0.29) is 6.29 Å². The quantitative estimate of drug-likeness (QED) is 0.908. The molecule has 0 aromatic heterocycles. The van der Waals surface area contributed by atoms with Crippen molar-refractivity contribution in [3.8, 4) is 0 Å². The number of aliphatic hydroxyl groups is 1. The number of hydrogen-bond acceptors (Lipinski definition) is 3. The van der Waals surface area contributed by atoms with Gasteiger partial charge >= 0.3 is 0 Å². The summed E-state index contributed by atoms with van der Waals surface area (Å²) < 4.78 is 11.2. The fourth-order valence-electron chi connectivity index (χ4n) is 2.74. The molecule has 21 heavy (non-hydrogen) atoms. The zero-order valence-electron chi connectivity index (χ0n) is 12.2. The van der Waals surface area contributed by atoms with E-state index in [1.54, 1.807) is 0 Å². The minimum Gasteiger partial charge on any atom is -0.388 e. The Balaban J connectivity index is 1.54. The molecule has 1 fully saturated rings. The third-order valence-electron chi connectivity index (χ3n) is 3.99. The molecule has 3 nitrogen and oxygen atoms in total. The second-order valence-corrected chi connectivity index (χ2v) is 5.58. The Bertz CT molecular complexity index is 575. The summed E-state index contributed by atoms with van der Waals surface area (Å²) in [5.41, 5.74) is 0.946. The number of ether oxygens (including phenoxy) is 2. The van der Waals surface area contributed by atoms with Gasteiger partial charge in [0.1, 0.15) is 0 Å². The van der Waals surface area contributed by atoms with Crippen LogP contribution in [0, 0.1) is 0 Å². The van der Waals surface area contributed by atoms with Crippen molar-refractivity contribution in [2.24, 2.45) is 0 Å². The molecule has 1 aliphatic rings. The van der Waals surface area contributed by atoms with E-state index in [0.717, 1.165) is 36.8 Å². The zero-order valence-corrected chi connectivity index (χ0v) is 12.2. The Labute approximate surface area is 125 Å². The fraction of sp³-hybridized carbons (Fsp3) is 0.444. The molecule has 2 unspecified atom stereocenters. The lowest BCUT2D eigenvalue weighted by Crippen LogP contribution is -2.23. The summed E-state index contributed by atoms with van der Waals surface area (Å²) >= 11 is 0. The van der Waals surface area contributed by atoms with Crippen molar-refractivity contribution in [2.45, 2.75) is 38.1 Å². The molecule has 0 radical (unpaired) electrons. The van der Waals surface area contributed by atoms with Gasteiger partial charge in [0.25, 0.3) is 0 Å². The molecular formula is C18H22O3. The number of benzene rings is 2. The summed E-state index contributed by atoms with van der Waals surface area (Å²) in [6.07, 6.45) is 3.28. The summed E-state index contributed by atoms with van der Waals surface area (Å²) in [5.74, 6) is 0. The molecule has 3 rings (SSSR count). The van der Waals surface area contributed by atoms with E-state index in [1.165, 1.54) is 5.39 Å². The first-order valence-electron chi connectivity index (χ1n) is 7.73. The van der Waals surface area contributed by atoms with Gasteiger partial charge in [-0.25, -0.2) is 0 Å². The first-order valence-corrected chi connectivity index (χ1v) is 7.73. The largest absolute Gasteiger partial charge is 0.388 e. The van der Waals surface area contributed by atoms with Gasteiger partial charge < -0.3 is 14.6 Å². The van der Waals surface area contributed by atoms with Crippen LogP contribution < -0.4 is 0 Å². The maximum atomic E-state index is 10.3. The van der Waals surface area contributed by atoms with Crippen molar-refractivity contribution in [1.82, 2.24) is 0 Å². The van der Waals surface area contributed by atoms with Crippen LogP contribution in [0.4, 0.5) is 0 Å². The molecule has 1 N–H and O–H groups in total. The van der Waals surface area contributed by atoms with Gasteiger partial charge in [-0.05, 0) is 41.7 Å². The van der Waals surface area contributed by atoms with Crippen LogP contribution in [0.3, 0.4) is 0 Å². The van der Waals surface area contributed by atoms with Crippen molar-refractivity contribution in [3.05, 3.63) is 48.0 Å². The van der Waals surface area contributed by atoms with Gasteiger partial charge in [-0.1, -0.05) is 36.4 Å². The zero-order chi connectivity index (χ0) is 14.5. The van der Waals surface area contributed by atoms with E-state index in [9.17, 15) is 5.11 Å². The number of aliphatic hydroxyl groups excluding tert-OH is 1. The molecule has 0 aliphatic carbocycles. The topological polar surface area (TPSA) is 38.7 Å². The summed E-state index contributed by atoms with van der Waals surface area (Å²) in [7, 11) is 0. The average Bonchev–Trinajstić information content (AvgIpc) is 2.55. The first-order chi connectivity index (χ1) is 10.3. The van der Waals surface area contributed by atoms with E-state index in [0.29, 0.717) is 13.0 Å². The Hall–Kier alpha value is -1.42. The molecule has 1 aliphatic heterocycles. The van der Waals surface area contributed by atoms with Crippen LogP contribution >= 0.6 is 0 Å². The first kappa shape index (κ1) is 14.5. The maximum absolute atomic E-state index is 10.3.